The monoisotopic (exact) mass is 296 g/mol. The number of carboxylic acids is 1. The number of carboxylic acid groups (broad SMARTS) is 1. The topological polar surface area (TPSA) is 76.0 Å². The maximum Gasteiger partial charge on any atom is 0.305 e. The van der Waals surface area contributed by atoms with Gasteiger partial charge in [0.1, 0.15) is 5.75 Å². The van der Waals surface area contributed by atoms with E-state index < -0.39 is 5.97 Å². The lowest BCUT2D eigenvalue weighted by atomic mass is 10.1. The number of benzene rings is 1. The molecule has 0 amide bonds. The maximum atomic E-state index is 10.9. The van der Waals surface area contributed by atoms with Crippen LogP contribution in [0.3, 0.4) is 0 Å². The molecule has 0 aliphatic rings. The highest BCUT2D eigenvalue weighted by molar-refractivity contribution is 5.67. The molecule has 0 heterocycles. The number of aliphatic hydroxyl groups is 1. The first kappa shape index (κ1) is 17.5. The van der Waals surface area contributed by atoms with Gasteiger partial charge < -0.3 is 19.7 Å². The lowest BCUT2D eigenvalue weighted by molar-refractivity contribution is -0.140. The van der Waals surface area contributed by atoms with Crippen LogP contribution in [-0.2, 0) is 16.1 Å². The summed E-state index contributed by atoms with van der Waals surface area (Å²) in [5, 5.41) is 18.1. The summed E-state index contributed by atoms with van der Waals surface area (Å²) in [6, 6.07) is 7.48. The Hall–Kier alpha value is -1.59. The van der Waals surface area contributed by atoms with Crippen LogP contribution < -0.4 is 4.74 Å². The average molecular weight is 296 g/mol. The summed E-state index contributed by atoms with van der Waals surface area (Å²) in [5.41, 5.74) is 0.974. The number of hydrogen-bond acceptors (Lipinski definition) is 4. The van der Waals surface area contributed by atoms with Crippen LogP contribution in [0.4, 0.5) is 0 Å². The molecule has 5 heteroatoms. The minimum absolute atomic E-state index is 0.0179. The fourth-order valence-electron chi connectivity index (χ4n) is 2.02. The molecule has 0 aliphatic heterocycles. The zero-order valence-corrected chi connectivity index (χ0v) is 12.6. The van der Waals surface area contributed by atoms with Crippen molar-refractivity contribution in [1.82, 2.24) is 0 Å². The van der Waals surface area contributed by atoms with Crippen molar-refractivity contribution in [2.45, 2.75) is 51.4 Å². The summed E-state index contributed by atoms with van der Waals surface area (Å²) in [4.78, 5) is 10.9. The fourth-order valence-corrected chi connectivity index (χ4v) is 2.02. The van der Waals surface area contributed by atoms with Crippen LogP contribution in [0.1, 0.15) is 38.2 Å². The molecular formula is C16H24O5. The molecule has 1 rings (SSSR count). The Morgan fingerprint density at radius 2 is 1.90 bits per heavy atom. The van der Waals surface area contributed by atoms with E-state index in [9.17, 15) is 9.90 Å². The Bertz CT molecular complexity index is 413. The molecule has 0 spiro atoms. The normalized spacial score (nSPS) is 13.7. The van der Waals surface area contributed by atoms with E-state index in [-0.39, 0.29) is 18.6 Å². The molecule has 2 N–H and O–H groups in total. The molecule has 1 aromatic carbocycles. The van der Waals surface area contributed by atoms with E-state index in [4.69, 9.17) is 14.6 Å². The summed E-state index contributed by atoms with van der Waals surface area (Å²) < 4.78 is 10.8. The number of ether oxygens (including phenoxy) is 2. The molecule has 0 unspecified atom stereocenters. The van der Waals surface area contributed by atoms with Gasteiger partial charge in [0.05, 0.1) is 32.3 Å². The summed E-state index contributed by atoms with van der Waals surface area (Å²) >= 11 is 0. The van der Waals surface area contributed by atoms with Crippen LogP contribution in [0.5, 0.6) is 5.75 Å². The Labute approximate surface area is 125 Å². The molecule has 0 saturated carbocycles. The van der Waals surface area contributed by atoms with Crippen LogP contribution in [-0.4, -0.2) is 35.5 Å². The SMILES string of the molecule is COc1ccc(CO[C@@H](CCC[C@H](C)O)CC(=O)O)cc1. The highest BCUT2D eigenvalue weighted by Gasteiger charge is 2.14. The highest BCUT2D eigenvalue weighted by atomic mass is 16.5. The number of methoxy groups -OCH3 is 1. The van der Waals surface area contributed by atoms with Crippen LogP contribution in [0, 0.1) is 0 Å². The van der Waals surface area contributed by atoms with E-state index in [1.165, 1.54) is 0 Å². The Morgan fingerprint density at radius 1 is 1.24 bits per heavy atom. The molecular weight excluding hydrogens is 272 g/mol. The quantitative estimate of drug-likeness (QED) is 0.694. The van der Waals surface area contributed by atoms with Gasteiger partial charge in [0.2, 0.25) is 0 Å². The van der Waals surface area contributed by atoms with Crippen molar-refractivity contribution < 1.29 is 24.5 Å². The maximum absolute atomic E-state index is 10.9. The number of rotatable bonds is 10. The van der Waals surface area contributed by atoms with Gasteiger partial charge in [0.25, 0.3) is 0 Å². The molecule has 2 atom stereocenters. The molecule has 0 aliphatic carbocycles. The minimum Gasteiger partial charge on any atom is -0.497 e. The fraction of sp³-hybridized carbons (Fsp3) is 0.562. The molecule has 118 valence electrons. The molecule has 5 nitrogen and oxygen atoms in total. The lowest BCUT2D eigenvalue weighted by Crippen LogP contribution is -2.18. The zero-order chi connectivity index (χ0) is 15.7. The molecule has 0 radical (unpaired) electrons. The van der Waals surface area contributed by atoms with Crippen molar-refractivity contribution in [3.8, 4) is 5.75 Å². The lowest BCUT2D eigenvalue weighted by Gasteiger charge is -2.16. The second-order valence-corrected chi connectivity index (χ2v) is 5.16. The van der Waals surface area contributed by atoms with E-state index in [2.05, 4.69) is 0 Å². The molecule has 1 aromatic rings. The van der Waals surface area contributed by atoms with Gasteiger partial charge in [-0.05, 0) is 43.9 Å². The van der Waals surface area contributed by atoms with Crippen LogP contribution in [0.2, 0.25) is 0 Å². The van der Waals surface area contributed by atoms with Gasteiger partial charge in [0, 0.05) is 0 Å². The molecule has 0 saturated heterocycles. The molecule has 0 aromatic heterocycles. The molecule has 0 fully saturated rings. The van der Waals surface area contributed by atoms with E-state index in [1.54, 1.807) is 14.0 Å². The largest absolute Gasteiger partial charge is 0.497 e. The molecule has 21 heavy (non-hydrogen) atoms. The Kier molecular flexibility index (Phi) is 7.79. The van der Waals surface area contributed by atoms with Crippen molar-refractivity contribution in [1.29, 1.82) is 0 Å². The van der Waals surface area contributed by atoms with E-state index in [0.29, 0.717) is 19.4 Å². The summed E-state index contributed by atoms with van der Waals surface area (Å²) in [6.45, 7) is 2.10. The first-order chi connectivity index (χ1) is 10.0. The van der Waals surface area contributed by atoms with Gasteiger partial charge in [0.15, 0.2) is 0 Å². The van der Waals surface area contributed by atoms with Gasteiger partial charge in [-0.25, -0.2) is 0 Å². The number of hydrogen-bond donors (Lipinski definition) is 2. The van der Waals surface area contributed by atoms with E-state index in [1.807, 2.05) is 24.3 Å². The minimum atomic E-state index is -0.869. The summed E-state index contributed by atoms with van der Waals surface area (Å²) in [6.07, 6.45) is 1.32. The van der Waals surface area contributed by atoms with Gasteiger partial charge in [-0.3, -0.25) is 4.79 Å². The predicted molar refractivity (Wildman–Crippen MR) is 79.4 cm³/mol. The number of aliphatic carboxylic acids is 1. The van der Waals surface area contributed by atoms with Crippen molar-refractivity contribution in [3.63, 3.8) is 0 Å². The van der Waals surface area contributed by atoms with Crippen LogP contribution >= 0.6 is 0 Å². The summed E-state index contributed by atoms with van der Waals surface area (Å²) in [5.74, 6) is -0.0930. The third kappa shape index (κ3) is 7.68. The van der Waals surface area contributed by atoms with E-state index >= 15 is 0 Å². The van der Waals surface area contributed by atoms with Crippen molar-refractivity contribution in [3.05, 3.63) is 29.8 Å². The van der Waals surface area contributed by atoms with Gasteiger partial charge >= 0.3 is 5.97 Å². The first-order valence-electron chi connectivity index (χ1n) is 7.15. The second-order valence-electron chi connectivity index (χ2n) is 5.16. The average Bonchev–Trinajstić information content (AvgIpc) is 2.44. The van der Waals surface area contributed by atoms with E-state index in [0.717, 1.165) is 17.7 Å². The Balaban J connectivity index is 2.44. The number of aliphatic hydroxyl groups excluding tert-OH is 1. The third-order valence-electron chi connectivity index (χ3n) is 3.20. The van der Waals surface area contributed by atoms with Crippen molar-refractivity contribution >= 4 is 5.97 Å². The Morgan fingerprint density at radius 3 is 2.43 bits per heavy atom. The summed E-state index contributed by atoms with van der Waals surface area (Å²) in [7, 11) is 1.61. The van der Waals surface area contributed by atoms with Crippen molar-refractivity contribution in [2.24, 2.45) is 0 Å². The van der Waals surface area contributed by atoms with Gasteiger partial charge in [-0.2, -0.15) is 0 Å². The van der Waals surface area contributed by atoms with Gasteiger partial charge in [-0.15, -0.1) is 0 Å². The van der Waals surface area contributed by atoms with Crippen molar-refractivity contribution in [2.75, 3.05) is 7.11 Å². The highest BCUT2D eigenvalue weighted by Crippen LogP contribution is 2.16. The second kappa shape index (κ2) is 9.37. The third-order valence-corrected chi connectivity index (χ3v) is 3.20. The standard InChI is InChI=1S/C16H24O5/c1-12(17)4-3-5-15(10-16(18)19)21-11-13-6-8-14(20-2)9-7-13/h6-9,12,15,17H,3-5,10-11H2,1-2H3,(H,18,19)/t12-,15-/m0/s1. The molecule has 0 bridgehead atoms. The first-order valence-corrected chi connectivity index (χ1v) is 7.15. The van der Waals surface area contributed by atoms with Crippen LogP contribution in [0.15, 0.2) is 24.3 Å². The zero-order valence-electron chi connectivity index (χ0n) is 12.6. The smallest absolute Gasteiger partial charge is 0.305 e. The predicted octanol–water partition coefficient (Wildman–Crippen LogP) is 2.61. The van der Waals surface area contributed by atoms with Gasteiger partial charge in [-0.1, -0.05) is 12.1 Å². The van der Waals surface area contributed by atoms with Crippen LogP contribution in [0.25, 0.3) is 0 Å². The number of carbonyl (C=O) groups is 1.